The van der Waals surface area contributed by atoms with Gasteiger partial charge in [0.25, 0.3) is 5.91 Å². The van der Waals surface area contributed by atoms with Gasteiger partial charge in [-0.15, -0.1) is 0 Å². The van der Waals surface area contributed by atoms with Crippen molar-refractivity contribution in [1.82, 2.24) is 5.32 Å². The number of amides is 1. The summed E-state index contributed by atoms with van der Waals surface area (Å²) in [6, 6.07) is 12.6. The van der Waals surface area contributed by atoms with E-state index in [1.54, 1.807) is 30.8 Å². The second kappa shape index (κ2) is 9.47. The summed E-state index contributed by atoms with van der Waals surface area (Å²) in [5.74, 6) is 1.68. The Labute approximate surface area is 153 Å². The van der Waals surface area contributed by atoms with Crippen molar-refractivity contribution in [1.29, 1.82) is 0 Å². The minimum absolute atomic E-state index is 0.148. The lowest BCUT2D eigenvalue weighted by atomic mass is 10.1. The highest BCUT2D eigenvalue weighted by molar-refractivity contribution is 7.98. The Morgan fingerprint density at radius 2 is 1.88 bits per heavy atom. The van der Waals surface area contributed by atoms with Crippen LogP contribution in [0.1, 0.15) is 23.6 Å². The summed E-state index contributed by atoms with van der Waals surface area (Å²) in [5.41, 5.74) is 2.89. The maximum absolute atomic E-state index is 13.5. The molecule has 0 aliphatic rings. The monoisotopic (exact) mass is 361 g/mol. The number of thioether (sulfide) groups is 1. The maximum Gasteiger partial charge on any atom is 0.260 e. The lowest BCUT2D eigenvalue weighted by Crippen LogP contribution is -2.37. The first-order chi connectivity index (χ1) is 12.0. The lowest BCUT2D eigenvalue weighted by Gasteiger charge is -2.15. The molecule has 1 N–H and O–H groups in total. The predicted octanol–water partition coefficient (Wildman–Crippen LogP) is 4.26. The van der Waals surface area contributed by atoms with Crippen LogP contribution in [0.3, 0.4) is 0 Å². The second-order valence-corrected chi connectivity index (χ2v) is 7.12. The van der Waals surface area contributed by atoms with Crippen LogP contribution >= 0.6 is 11.8 Å². The molecule has 1 unspecified atom stereocenters. The van der Waals surface area contributed by atoms with Crippen LogP contribution in [-0.2, 0) is 10.5 Å². The highest BCUT2D eigenvalue weighted by atomic mass is 32.2. The first-order valence-electron chi connectivity index (χ1n) is 8.29. The molecule has 0 saturated carbocycles. The van der Waals surface area contributed by atoms with E-state index in [2.05, 4.69) is 11.4 Å². The SMILES string of the molecule is Cc1cc(C)cc(OC(C)C(=O)NCCSCc2ccccc2F)c1. The molecule has 0 spiro atoms. The standard InChI is InChI=1S/C20H24FNO2S/c1-14-10-15(2)12-18(11-14)24-16(3)20(23)22-8-9-25-13-17-6-4-5-7-19(17)21/h4-7,10-12,16H,8-9,13H2,1-3H3,(H,22,23). The van der Waals surface area contributed by atoms with Crippen molar-refractivity contribution in [2.45, 2.75) is 32.6 Å². The highest BCUT2D eigenvalue weighted by Gasteiger charge is 2.14. The van der Waals surface area contributed by atoms with Gasteiger partial charge in [0.2, 0.25) is 0 Å². The quantitative estimate of drug-likeness (QED) is 0.714. The van der Waals surface area contributed by atoms with Crippen LogP contribution < -0.4 is 10.1 Å². The van der Waals surface area contributed by atoms with Crippen molar-refractivity contribution < 1.29 is 13.9 Å². The molecule has 0 heterocycles. The summed E-state index contributed by atoms with van der Waals surface area (Å²) in [7, 11) is 0. The molecule has 25 heavy (non-hydrogen) atoms. The molecule has 1 amide bonds. The van der Waals surface area contributed by atoms with E-state index in [9.17, 15) is 9.18 Å². The third-order valence-corrected chi connectivity index (χ3v) is 4.65. The topological polar surface area (TPSA) is 38.3 Å². The van der Waals surface area contributed by atoms with E-state index in [1.165, 1.54) is 6.07 Å². The summed E-state index contributed by atoms with van der Waals surface area (Å²) < 4.78 is 19.2. The van der Waals surface area contributed by atoms with Gasteiger partial charge in [0.1, 0.15) is 11.6 Å². The highest BCUT2D eigenvalue weighted by Crippen LogP contribution is 2.18. The number of hydrogen-bond acceptors (Lipinski definition) is 3. The van der Waals surface area contributed by atoms with Gasteiger partial charge in [-0.2, -0.15) is 11.8 Å². The fourth-order valence-corrected chi connectivity index (χ4v) is 3.29. The van der Waals surface area contributed by atoms with E-state index in [0.717, 1.165) is 16.9 Å². The van der Waals surface area contributed by atoms with Crippen molar-refractivity contribution in [3.05, 3.63) is 65.0 Å². The number of aryl methyl sites for hydroxylation is 2. The largest absolute Gasteiger partial charge is 0.481 e. The molecule has 0 saturated heterocycles. The number of ether oxygens (including phenoxy) is 1. The second-order valence-electron chi connectivity index (χ2n) is 6.02. The Morgan fingerprint density at radius 3 is 2.56 bits per heavy atom. The number of hydrogen-bond donors (Lipinski definition) is 1. The molecule has 2 aromatic carbocycles. The van der Waals surface area contributed by atoms with Crippen molar-refractivity contribution in [3.63, 3.8) is 0 Å². The molecular weight excluding hydrogens is 337 g/mol. The lowest BCUT2D eigenvalue weighted by molar-refractivity contribution is -0.127. The summed E-state index contributed by atoms with van der Waals surface area (Å²) in [6.45, 7) is 6.26. The normalized spacial score (nSPS) is 11.8. The molecule has 2 rings (SSSR count). The van der Waals surface area contributed by atoms with Gasteiger partial charge in [-0.1, -0.05) is 24.3 Å². The fraction of sp³-hybridized carbons (Fsp3) is 0.350. The van der Waals surface area contributed by atoms with Crippen molar-refractivity contribution in [2.75, 3.05) is 12.3 Å². The van der Waals surface area contributed by atoms with E-state index < -0.39 is 6.10 Å². The molecule has 1 atom stereocenters. The number of halogens is 1. The maximum atomic E-state index is 13.5. The third-order valence-electron chi connectivity index (χ3n) is 3.64. The Hall–Kier alpha value is -2.01. The smallest absolute Gasteiger partial charge is 0.260 e. The minimum Gasteiger partial charge on any atom is -0.481 e. The molecule has 2 aromatic rings. The van der Waals surface area contributed by atoms with Crippen molar-refractivity contribution in [2.24, 2.45) is 0 Å². The van der Waals surface area contributed by atoms with Gasteiger partial charge in [0, 0.05) is 18.1 Å². The van der Waals surface area contributed by atoms with Crippen LogP contribution in [-0.4, -0.2) is 24.3 Å². The molecule has 0 bridgehead atoms. The minimum atomic E-state index is -0.558. The van der Waals surface area contributed by atoms with E-state index in [-0.39, 0.29) is 11.7 Å². The Kier molecular flexibility index (Phi) is 7.31. The van der Waals surface area contributed by atoms with Gasteiger partial charge in [-0.05, 0) is 55.7 Å². The number of rotatable bonds is 8. The van der Waals surface area contributed by atoms with Crippen molar-refractivity contribution in [3.8, 4) is 5.75 Å². The summed E-state index contributed by atoms with van der Waals surface area (Å²) in [4.78, 5) is 12.1. The first kappa shape index (κ1) is 19.3. The van der Waals surface area contributed by atoms with E-state index >= 15 is 0 Å². The predicted molar refractivity (Wildman–Crippen MR) is 102 cm³/mol. The number of benzene rings is 2. The molecule has 0 aliphatic carbocycles. The molecule has 0 radical (unpaired) electrons. The zero-order valence-electron chi connectivity index (χ0n) is 14.8. The van der Waals surface area contributed by atoms with Crippen LogP contribution in [0.5, 0.6) is 5.75 Å². The van der Waals surface area contributed by atoms with Gasteiger partial charge in [-0.25, -0.2) is 4.39 Å². The van der Waals surface area contributed by atoms with Gasteiger partial charge in [-0.3, -0.25) is 4.79 Å². The Balaban J connectivity index is 1.70. The average Bonchev–Trinajstić information content (AvgIpc) is 2.55. The van der Waals surface area contributed by atoms with E-state index in [1.807, 2.05) is 32.0 Å². The molecule has 3 nitrogen and oxygen atoms in total. The van der Waals surface area contributed by atoms with E-state index in [0.29, 0.717) is 23.6 Å². The molecular formula is C20H24FNO2S. The van der Waals surface area contributed by atoms with Crippen LogP contribution in [0.2, 0.25) is 0 Å². The summed E-state index contributed by atoms with van der Waals surface area (Å²) in [5, 5.41) is 2.85. The number of nitrogens with one attached hydrogen (secondary N) is 1. The first-order valence-corrected chi connectivity index (χ1v) is 9.45. The zero-order chi connectivity index (χ0) is 18.2. The summed E-state index contributed by atoms with van der Waals surface area (Å²) >= 11 is 1.59. The molecule has 134 valence electrons. The summed E-state index contributed by atoms with van der Waals surface area (Å²) in [6.07, 6.45) is -0.558. The van der Waals surface area contributed by atoms with Crippen LogP contribution in [0.15, 0.2) is 42.5 Å². The van der Waals surface area contributed by atoms with Gasteiger partial charge in [0.15, 0.2) is 6.10 Å². The van der Waals surface area contributed by atoms with Crippen molar-refractivity contribution >= 4 is 17.7 Å². The van der Waals surface area contributed by atoms with Gasteiger partial charge >= 0.3 is 0 Å². The molecule has 0 aliphatic heterocycles. The number of carbonyl (C=O) groups is 1. The van der Waals surface area contributed by atoms with Gasteiger partial charge in [0.05, 0.1) is 0 Å². The van der Waals surface area contributed by atoms with Crippen LogP contribution in [0.4, 0.5) is 4.39 Å². The van der Waals surface area contributed by atoms with E-state index in [4.69, 9.17) is 4.74 Å². The average molecular weight is 361 g/mol. The molecule has 0 aromatic heterocycles. The third kappa shape index (κ3) is 6.42. The molecule has 0 fully saturated rings. The fourth-order valence-electron chi connectivity index (χ4n) is 2.45. The van der Waals surface area contributed by atoms with Crippen LogP contribution in [0, 0.1) is 19.7 Å². The van der Waals surface area contributed by atoms with Crippen LogP contribution in [0.25, 0.3) is 0 Å². The Morgan fingerprint density at radius 1 is 1.20 bits per heavy atom. The van der Waals surface area contributed by atoms with Gasteiger partial charge < -0.3 is 10.1 Å². The zero-order valence-corrected chi connectivity index (χ0v) is 15.7. The Bertz CT molecular complexity index is 700. The molecule has 5 heteroatoms. The number of carbonyl (C=O) groups excluding carboxylic acids is 1.